The van der Waals surface area contributed by atoms with Crippen LogP contribution in [0.3, 0.4) is 0 Å². The second kappa shape index (κ2) is 41.4. The van der Waals surface area contributed by atoms with Gasteiger partial charge in [-0.2, -0.15) is 0 Å². The van der Waals surface area contributed by atoms with E-state index >= 15 is 0 Å². The summed E-state index contributed by atoms with van der Waals surface area (Å²) in [4.78, 5) is 4.56. The van der Waals surface area contributed by atoms with Crippen molar-refractivity contribution in [1.29, 1.82) is 0 Å². The number of benzene rings is 9. The highest BCUT2D eigenvalue weighted by Gasteiger charge is 2.39. The maximum absolute atomic E-state index is 4.56. The van der Waals surface area contributed by atoms with Crippen LogP contribution in [0.25, 0.3) is 22.3 Å². The van der Waals surface area contributed by atoms with Crippen molar-refractivity contribution in [3.63, 3.8) is 0 Å². The van der Waals surface area contributed by atoms with E-state index in [1.807, 2.05) is 12.3 Å². The van der Waals surface area contributed by atoms with Crippen LogP contribution in [-0.4, -0.2) is 43.6 Å². The summed E-state index contributed by atoms with van der Waals surface area (Å²) in [6.07, 6.45) is 40.2. The fourth-order valence-electron chi connectivity index (χ4n) is 17.5. The van der Waals surface area contributed by atoms with Gasteiger partial charge in [-0.15, -0.1) is 0 Å². The number of nitrogens with zero attached hydrogens (tertiary/aromatic N) is 1. The Bertz CT molecular complexity index is 3530. The molecule has 1 nitrogen and oxygen atoms in total. The predicted octanol–water partition coefficient (Wildman–Crippen LogP) is 25.9. The summed E-state index contributed by atoms with van der Waals surface area (Å²) in [6, 6.07) is 100.0. The monoisotopic (exact) mass is 1450 g/mol. The average Bonchev–Trinajstić information content (AvgIpc) is 0.791. The molecular formula is C97H120NP5. The number of aromatic nitrogens is 1. The van der Waals surface area contributed by atoms with Crippen LogP contribution in [0.15, 0.2) is 285 Å². The van der Waals surface area contributed by atoms with Crippen LogP contribution >= 0.6 is 39.6 Å². The van der Waals surface area contributed by atoms with Crippen LogP contribution in [-0.2, 0) is 0 Å². The third-order valence-electron chi connectivity index (χ3n) is 21.7. The van der Waals surface area contributed by atoms with Crippen LogP contribution in [0.1, 0.15) is 202 Å². The normalized spacial score (nSPS) is 16.7. The lowest BCUT2D eigenvalue weighted by molar-refractivity contribution is 0.460. The summed E-state index contributed by atoms with van der Waals surface area (Å²) in [5.41, 5.74) is 12.3. The Morgan fingerprint density at radius 3 is 0.825 bits per heavy atom. The number of hydrogen-bond acceptors (Lipinski definition) is 1. The Kier molecular flexibility index (Phi) is 31.5. The molecule has 0 radical (unpaired) electrons. The standard InChI is InChI=1S/C24H31P.C20H27P.C18H33P.C18H15P.C17H14NP/c1-4-12-20(13-5-1)23-18-10-11-19-24(23)25(21-14-6-2-7-15-21)22-16-8-3-9-17-22;1-19(2,3)21(20(4,5)6)18-15-11-10-14-17(18)16-12-8-7-9-13-16;2*1-4-10-16(11-5-1)19(17-12-6-2-7-13-17)18-14-8-3-9-15-18;1-3-9-15(10-4-1)19(16-11-5-2-6-12-16)17-13-7-8-14-18-17/h1,4-5,10-13,18-19,21-22H,2-3,6-9,14-17H2;7-15H,1-6H3;16-18H,1-15H2;1-15H;1-14H. The van der Waals surface area contributed by atoms with Gasteiger partial charge in [-0.1, -0.05) is 429 Å². The SMILES string of the molecule is C1CCC(P(C2CCCCC2)C2CCCCC2)CC1.CC(C)(C)P(c1ccccc1-c1ccccc1)C(C)(C)C.c1ccc(-c2ccccc2P(C2CCCCC2)C2CCCCC2)cc1.c1ccc(P(c2ccccc2)c2ccccc2)cc1.c1ccc(P(c2ccccc2)c2ccccn2)cc1. The van der Waals surface area contributed by atoms with Crippen molar-refractivity contribution in [2.45, 2.75) is 241 Å². The first kappa shape index (κ1) is 78.4. The van der Waals surface area contributed by atoms with E-state index in [-0.39, 0.29) is 15.8 Å². The lowest BCUT2D eigenvalue weighted by Gasteiger charge is -2.44. The first-order chi connectivity index (χ1) is 50.5. The maximum atomic E-state index is 4.56. The predicted molar refractivity (Wildman–Crippen MR) is 466 cm³/mol. The lowest BCUT2D eigenvalue weighted by Crippen LogP contribution is -2.31. The maximum Gasteiger partial charge on any atom is 0.0720 e. The second-order valence-corrected chi connectivity index (χ2v) is 45.4. The molecule has 0 saturated heterocycles. The summed E-state index contributed by atoms with van der Waals surface area (Å²) in [7, 11) is -0.937. The fourth-order valence-corrected chi connectivity index (χ4v) is 34.8. The van der Waals surface area contributed by atoms with E-state index in [0.717, 1.165) is 16.8 Å². The minimum absolute atomic E-state index is 0.0365. The first-order valence-corrected chi connectivity index (χ1v) is 47.0. The molecule has 15 rings (SSSR count). The van der Waals surface area contributed by atoms with Gasteiger partial charge in [0.25, 0.3) is 0 Å². The average molecular weight is 1450 g/mol. The molecule has 0 spiro atoms. The molecule has 0 unspecified atom stereocenters. The second-order valence-electron chi connectivity index (χ2n) is 31.3. The summed E-state index contributed by atoms with van der Waals surface area (Å²) in [6.45, 7) is 14.3. The van der Waals surface area contributed by atoms with Crippen LogP contribution < -0.4 is 42.6 Å². The van der Waals surface area contributed by atoms with Crippen LogP contribution in [0.2, 0.25) is 0 Å². The number of pyridine rings is 1. The molecule has 0 bridgehead atoms. The van der Waals surface area contributed by atoms with Crippen molar-refractivity contribution in [1.82, 2.24) is 4.98 Å². The van der Waals surface area contributed by atoms with Gasteiger partial charge in [-0.25, -0.2) is 0 Å². The third-order valence-corrected chi connectivity index (χ3v) is 37.7. The van der Waals surface area contributed by atoms with Gasteiger partial charge in [0.1, 0.15) is 0 Å². The molecule has 103 heavy (non-hydrogen) atoms. The van der Waals surface area contributed by atoms with Gasteiger partial charge < -0.3 is 0 Å². The van der Waals surface area contributed by atoms with E-state index in [9.17, 15) is 0 Å². The molecule has 5 aliphatic carbocycles. The zero-order valence-corrected chi connectivity index (χ0v) is 67.9. The van der Waals surface area contributed by atoms with Crippen molar-refractivity contribution in [2.75, 3.05) is 0 Å². The van der Waals surface area contributed by atoms with Crippen LogP contribution in [0.4, 0.5) is 0 Å². The molecule has 1 heterocycles. The molecule has 5 aliphatic rings. The molecule has 538 valence electrons. The molecular weight excluding hydrogens is 1330 g/mol. The molecule has 10 aromatic rings. The number of hydrogen-bond donors (Lipinski definition) is 0. The molecule has 9 aromatic carbocycles. The quantitative estimate of drug-likeness (QED) is 0.0933. The molecule has 0 N–H and O–H groups in total. The van der Waals surface area contributed by atoms with E-state index in [1.54, 1.807) is 82.4 Å². The Morgan fingerprint density at radius 1 is 0.252 bits per heavy atom. The van der Waals surface area contributed by atoms with Gasteiger partial charge in [-0.3, -0.25) is 4.98 Å². The van der Waals surface area contributed by atoms with Crippen molar-refractivity contribution in [3.05, 3.63) is 285 Å². The van der Waals surface area contributed by atoms with Crippen molar-refractivity contribution in [2.24, 2.45) is 0 Å². The summed E-state index contributed by atoms with van der Waals surface area (Å²) in [5.74, 6) is 0. The topological polar surface area (TPSA) is 12.9 Å². The third kappa shape index (κ3) is 23.1. The summed E-state index contributed by atoms with van der Waals surface area (Å²) in [5, 5.41) is 10.7. The van der Waals surface area contributed by atoms with Gasteiger partial charge in [0, 0.05) is 14.1 Å². The lowest BCUT2D eigenvalue weighted by atomic mass is 9.99. The minimum atomic E-state index is -0.557. The van der Waals surface area contributed by atoms with Crippen molar-refractivity contribution >= 4 is 82.2 Å². The summed E-state index contributed by atoms with van der Waals surface area (Å²) >= 11 is 0. The Hall–Kier alpha value is -5.72. The van der Waals surface area contributed by atoms with Crippen molar-refractivity contribution in [3.8, 4) is 22.3 Å². The van der Waals surface area contributed by atoms with Gasteiger partial charge in [0.15, 0.2) is 0 Å². The highest BCUT2D eigenvalue weighted by molar-refractivity contribution is 7.80. The van der Waals surface area contributed by atoms with Crippen molar-refractivity contribution < 1.29 is 0 Å². The summed E-state index contributed by atoms with van der Waals surface area (Å²) < 4.78 is 0. The molecule has 0 aliphatic heterocycles. The minimum Gasteiger partial charge on any atom is -0.256 e. The largest absolute Gasteiger partial charge is 0.256 e. The Labute approximate surface area is 631 Å². The highest BCUT2D eigenvalue weighted by atomic mass is 31.1. The van der Waals surface area contributed by atoms with Crippen LogP contribution in [0.5, 0.6) is 0 Å². The molecule has 0 atom stereocenters. The zero-order valence-electron chi connectivity index (χ0n) is 63.4. The zero-order chi connectivity index (χ0) is 71.3. The number of rotatable bonds is 15. The Balaban J connectivity index is 0.000000130. The molecule has 5 saturated carbocycles. The van der Waals surface area contributed by atoms with E-state index in [2.05, 4.69) is 320 Å². The molecule has 1 aromatic heterocycles. The van der Waals surface area contributed by atoms with Gasteiger partial charge in [0.05, 0.1) is 5.44 Å². The molecule has 6 heteroatoms. The van der Waals surface area contributed by atoms with Crippen LogP contribution in [0, 0.1) is 0 Å². The van der Waals surface area contributed by atoms with E-state index < -0.39 is 15.8 Å². The van der Waals surface area contributed by atoms with Gasteiger partial charge in [-0.05, 0) is 182 Å². The Morgan fingerprint density at radius 2 is 0.515 bits per heavy atom. The molecule has 0 amide bonds. The molecule has 5 fully saturated rings. The highest BCUT2D eigenvalue weighted by Crippen LogP contribution is 2.63. The van der Waals surface area contributed by atoms with Gasteiger partial charge >= 0.3 is 0 Å². The smallest absolute Gasteiger partial charge is 0.0720 e. The van der Waals surface area contributed by atoms with E-state index in [0.29, 0.717) is 18.2 Å². The fraction of sp³-hybridized carbons (Fsp3) is 0.392. The van der Waals surface area contributed by atoms with E-state index in [1.165, 1.54) is 155 Å². The van der Waals surface area contributed by atoms with E-state index in [4.69, 9.17) is 0 Å². The first-order valence-electron chi connectivity index (χ1n) is 39.9. The van der Waals surface area contributed by atoms with Gasteiger partial charge in [0.2, 0.25) is 0 Å².